The van der Waals surface area contributed by atoms with Crippen molar-refractivity contribution in [1.29, 1.82) is 0 Å². The lowest BCUT2D eigenvalue weighted by Crippen LogP contribution is -2.50. The highest BCUT2D eigenvalue weighted by atomic mass is 32.1. The van der Waals surface area contributed by atoms with E-state index in [2.05, 4.69) is 82.7 Å². The molecular weight excluding hydrogens is 587 g/mol. The highest BCUT2D eigenvalue weighted by Crippen LogP contribution is 2.44. The van der Waals surface area contributed by atoms with E-state index >= 15 is 0 Å². The molecule has 0 bridgehead atoms. The number of para-hydroxylation sites is 1. The molecule has 0 amide bonds. The number of ether oxygens (including phenoxy) is 3. The van der Waals surface area contributed by atoms with Gasteiger partial charge in [0.05, 0.1) is 12.9 Å². The van der Waals surface area contributed by atoms with Crippen molar-refractivity contribution in [3.8, 4) is 5.75 Å². The van der Waals surface area contributed by atoms with E-state index in [4.69, 9.17) is 41.0 Å². The molecule has 10 nitrogen and oxygen atoms in total. The molecule has 0 saturated carbocycles. The summed E-state index contributed by atoms with van der Waals surface area (Å²) in [6.07, 6.45) is 0.703. The molecule has 13 heteroatoms. The number of thiocarbonyl (C=S) groups is 1. The number of aromatic nitrogens is 4. The summed E-state index contributed by atoms with van der Waals surface area (Å²) in [5.74, 6) is 0.878. The highest BCUT2D eigenvalue weighted by molar-refractivity contribution is 7.79. The van der Waals surface area contributed by atoms with Crippen LogP contribution in [0.25, 0.3) is 11.2 Å². The van der Waals surface area contributed by atoms with E-state index in [1.807, 2.05) is 34.9 Å². The fraction of sp³-hybridized carbons (Fsp3) is 0.586. The zero-order valence-electron chi connectivity index (χ0n) is 26.4. The third kappa shape index (κ3) is 6.86. The molecule has 2 aromatic heterocycles. The Morgan fingerprint density at radius 2 is 1.60 bits per heavy atom. The summed E-state index contributed by atoms with van der Waals surface area (Å²) in [6, 6.07) is 9.32. The Kier molecular flexibility index (Phi) is 9.22. The van der Waals surface area contributed by atoms with Gasteiger partial charge in [-0.2, -0.15) is 0 Å². The van der Waals surface area contributed by atoms with Crippen molar-refractivity contribution >= 4 is 51.1 Å². The van der Waals surface area contributed by atoms with E-state index in [0.29, 0.717) is 29.3 Å². The second-order valence-corrected chi connectivity index (χ2v) is 23.7. The molecule has 4 rings (SSSR count). The SMILES string of the molecule is CC(C)(C)[Si](C)(C)OC[C@H]1O[C@@H](n2cnc3c(N)ncnc32)[C@H](O[Si](C)(C)C(C)(C)C)[C@@H]1OC(=S)Oc1ccccc1. The monoisotopic (exact) mass is 631 g/mol. The Labute approximate surface area is 256 Å². The molecule has 0 radical (unpaired) electrons. The number of nitrogens with two attached hydrogens (primary N) is 1. The minimum Gasteiger partial charge on any atom is -0.447 e. The van der Waals surface area contributed by atoms with Crippen LogP contribution in [0.5, 0.6) is 5.75 Å². The zero-order chi connectivity index (χ0) is 31.1. The van der Waals surface area contributed by atoms with Crippen LogP contribution in [0.15, 0.2) is 43.0 Å². The molecule has 3 aromatic rings. The van der Waals surface area contributed by atoms with E-state index in [-0.39, 0.29) is 15.3 Å². The van der Waals surface area contributed by atoms with E-state index in [1.165, 1.54) is 6.33 Å². The van der Waals surface area contributed by atoms with Crippen molar-refractivity contribution in [2.45, 2.75) is 102 Å². The van der Waals surface area contributed by atoms with Crippen molar-refractivity contribution in [2.24, 2.45) is 0 Å². The van der Waals surface area contributed by atoms with Gasteiger partial charge in [0.15, 0.2) is 40.4 Å². The van der Waals surface area contributed by atoms with Gasteiger partial charge in [-0.25, -0.2) is 15.0 Å². The second-order valence-electron chi connectivity index (χ2n) is 13.8. The Morgan fingerprint density at radius 3 is 2.21 bits per heavy atom. The van der Waals surface area contributed by atoms with Gasteiger partial charge in [0.25, 0.3) is 0 Å². The molecule has 0 aliphatic carbocycles. The zero-order valence-corrected chi connectivity index (χ0v) is 29.2. The molecule has 1 aliphatic rings. The Bertz CT molecular complexity index is 1390. The summed E-state index contributed by atoms with van der Waals surface area (Å²) in [4.78, 5) is 13.1. The molecule has 4 atom stereocenters. The average Bonchev–Trinajstić information content (AvgIpc) is 3.44. The first kappa shape index (κ1) is 32.5. The lowest BCUT2D eigenvalue weighted by Gasteiger charge is -2.40. The lowest BCUT2D eigenvalue weighted by atomic mass is 10.1. The van der Waals surface area contributed by atoms with E-state index in [1.54, 1.807) is 6.33 Å². The van der Waals surface area contributed by atoms with Gasteiger partial charge in [0.2, 0.25) is 0 Å². The van der Waals surface area contributed by atoms with Gasteiger partial charge in [-0.3, -0.25) is 4.57 Å². The van der Waals surface area contributed by atoms with E-state index < -0.39 is 41.2 Å². The van der Waals surface area contributed by atoms with Gasteiger partial charge in [-0.15, -0.1) is 0 Å². The van der Waals surface area contributed by atoms with Crippen LogP contribution in [0.2, 0.25) is 36.3 Å². The van der Waals surface area contributed by atoms with Crippen LogP contribution in [-0.4, -0.2) is 66.3 Å². The number of fused-ring (bicyclic) bond motifs is 1. The van der Waals surface area contributed by atoms with Crippen LogP contribution in [0.1, 0.15) is 47.8 Å². The summed E-state index contributed by atoms with van der Waals surface area (Å²) in [7, 11) is -4.49. The molecule has 1 fully saturated rings. The van der Waals surface area contributed by atoms with Crippen LogP contribution >= 0.6 is 12.2 Å². The summed E-state index contributed by atoms with van der Waals surface area (Å²) in [6.45, 7) is 22.3. The predicted molar refractivity (Wildman–Crippen MR) is 173 cm³/mol. The van der Waals surface area contributed by atoms with Gasteiger partial charge in [0.1, 0.15) is 29.8 Å². The topological polar surface area (TPSA) is 116 Å². The first-order valence-corrected chi connectivity index (χ1v) is 20.5. The molecule has 2 N–H and O–H groups in total. The summed E-state index contributed by atoms with van der Waals surface area (Å²) in [5.41, 5.74) is 7.17. The van der Waals surface area contributed by atoms with Crippen molar-refractivity contribution in [3.05, 3.63) is 43.0 Å². The first-order valence-electron chi connectivity index (χ1n) is 14.2. The maximum Gasteiger partial charge on any atom is 0.358 e. The molecule has 42 heavy (non-hydrogen) atoms. The molecule has 1 aromatic carbocycles. The van der Waals surface area contributed by atoms with Crippen molar-refractivity contribution in [3.63, 3.8) is 0 Å². The number of rotatable bonds is 8. The summed E-state index contributed by atoms with van der Waals surface area (Å²) in [5, 5.41) is -0.0830. The lowest BCUT2D eigenvalue weighted by molar-refractivity contribution is -0.0474. The second kappa shape index (κ2) is 11.9. The molecule has 1 aliphatic heterocycles. The van der Waals surface area contributed by atoms with Crippen LogP contribution in [0.4, 0.5) is 5.82 Å². The number of anilines is 1. The molecular formula is C29H45N5O5SSi2. The fourth-order valence-electron chi connectivity index (χ4n) is 4.13. The van der Waals surface area contributed by atoms with E-state index in [9.17, 15) is 0 Å². The minimum atomic E-state index is -2.36. The van der Waals surface area contributed by atoms with Crippen LogP contribution in [0, 0.1) is 0 Å². The van der Waals surface area contributed by atoms with Crippen LogP contribution in [-0.2, 0) is 18.3 Å². The Hall–Kier alpha value is -2.43. The quantitative estimate of drug-likeness (QED) is 0.219. The van der Waals surface area contributed by atoms with Crippen LogP contribution < -0.4 is 10.5 Å². The van der Waals surface area contributed by atoms with Crippen molar-refractivity contribution < 1.29 is 23.1 Å². The predicted octanol–water partition coefficient (Wildman–Crippen LogP) is 6.47. The van der Waals surface area contributed by atoms with Gasteiger partial charge in [0, 0.05) is 12.2 Å². The van der Waals surface area contributed by atoms with Crippen molar-refractivity contribution in [1.82, 2.24) is 19.5 Å². The largest absolute Gasteiger partial charge is 0.447 e. The fourth-order valence-corrected chi connectivity index (χ4v) is 6.64. The molecule has 3 heterocycles. The Balaban J connectivity index is 1.75. The van der Waals surface area contributed by atoms with Gasteiger partial charge < -0.3 is 28.8 Å². The summed E-state index contributed by atoms with van der Waals surface area (Å²) < 4.78 is 34.7. The van der Waals surface area contributed by atoms with E-state index in [0.717, 1.165) is 0 Å². The highest BCUT2D eigenvalue weighted by Gasteiger charge is 2.54. The number of nitrogen functional groups attached to an aromatic ring is 1. The van der Waals surface area contributed by atoms with Gasteiger partial charge >= 0.3 is 5.24 Å². The Morgan fingerprint density at radius 1 is 0.952 bits per heavy atom. The maximum atomic E-state index is 7.08. The molecule has 0 unspecified atom stereocenters. The maximum absolute atomic E-state index is 7.08. The number of hydrogen-bond donors (Lipinski definition) is 1. The smallest absolute Gasteiger partial charge is 0.358 e. The third-order valence-corrected chi connectivity index (χ3v) is 17.9. The minimum absolute atomic E-state index is 0.0130. The average molecular weight is 632 g/mol. The summed E-state index contributed by atoms with van der Waals surface area (Å²) >= 11 is 5.61. The number of nitrogens with zero attached hydrogens (tertiary/aromatic N) is 4. The normalized spacial score (nSPS) is 22.0. The molecule has 230 valence electrons. The van der Waals surface area contributed by atoms with Crippen LogP contribution in [0.3, 0.4) is 0 Å². The standard InChI is InChI=1S/C29H45N5O5SSi2/c1-28(2,3)41(7,8)35-16-20-22(38-27(40)36-19-14-12-11-13-15-19)23(39-42(9,10)29(4,5)6)26(37-20)34-18-33-21-24(30)31-17-32-25(21)34/h11-15,17-18,20,22-23,26H,16H2,1-10H3,(H2,30,31,32)/t20-,22-,23-,26-/m1/s1. The first-order chi connectivity index (χ1) is 19.4. The van der Waals surface area contributed by atoms with Gasteiger partial charge in [-0.05, 0) is 48.4 Å². The number of imidazole rings is 1. The number of hydrogen-bond acceptors (Lipinski definition) is 10. The molecule has 0 spiro atoms. The third-order valence-electron chi connectivity index (χ3n) is 8.77. The van der Waals surface area contributed by atoms with Gasteiger partial charge in [-0.1, -0.05) is 59.7 Å². The van der Waals surface area contributed by atoms with Crippen molar-refractivity contribution in [2.75, 3.05) is 12.3 Å². The number of benzene rings is 1. The molecule has 1 saturated heterocycles.